The molecule has 1 atom stereocenters. The third kappa shape index (κ3) is 3.56. The number of hydrogen-bond donors (Lipinski definition) is 2. The number of ether oxygens (including phenoxy) is 2. The van der Waals surface area contributed by atoms with E-state index in [1.54, 1.807) is 19.1 Å². The molecular weight excluding hydrogens is 325 g/mol. The Balaban J connectivity index is 1.75. The summed E-state index contributed by atoms with van der Waals surface area (Å²) in [7, 11) is -1.02. The Kier molecular flexibility index (Phi) is 5.12. The molecule has 0 unspecified atom stereocenters. The smallest absolute Gasteiger partial charge is 0.456 e. The van der Waals surface area contributed by atoms with Gasteiger partial charge in [-0.05, 0) is 35.5 Å². The molecule has 0 spiro atoms. The van der Waals surface area contributed by atoms with Crippen LogP contribution < -0.4 is 10.8 Å². The van der Waals surface area contributed by atoms with E-state index in [4.69, 9.17) is 14.1 Å². The largest absolute Gasteiger partial charge is 0.492 e. The first-order chi connectivity index (χ1) is 11.9. The molecule has 0 aliphatic carbocycles. The maximum absolute atomic E-state index is 12.7. The Bertz CT molecular complexity index is 688. The Morgan fingerprint density at radius 3 is 2.68 bits per heavy atom. The van der Waals surface area contributed by atoms with Gasteiger partial charge in [-0.1, -0.05) is 19.9 Å². The molecule has 1 amide bonds. The molecule has 1 aromatic rings. The van der Waals surface area contributed by atoms with Gasteiger partial charge in [0.15, 0.2) is 0 Å². The summed E-state index contributed by atoms with van der Waals surface area (Å²) in [6, 6.07) is 2.71. The molecule has 0 bridgehead atoms. The molecule has 0 radical (unpaired) electrons. The van der Waals surface area contributed by atoms with Crippen LogP contribution in [-0.4, -0.2) is 49.4 Å². The van der Waals surface area contributed by atoms with Crippen LogP contribution in [0.15, 0.2) is 12.1 Å². The number of esters is 1. The van der Waals surface area contributed by atoms with Crippen LogP contribution in [0.2, 0.25) is 0 Å². The minimum Gasteiger partial charge on any atom is -0.456 e. The molecule has 25 heavy (non-hydrogen) atoms. The van der Waals surface area contributed by atoms with Crippen molar-refractivity contribution >= 4 is 24.5 Å². The highest BCUT2D eigenvalue weighted by atomic mass is 16.6. The summed E-state index contributed by atoms with van der Waals surface area (Å²) in [5, 5.41) is 12.7. The molecule has 1 saturated heterocycles. The number of hydrogen-bond acceptors (Lipinski definition) is 6. The molecular formula is C17H22BNO6. The van der Waals surface area contributed by atoms with Gasteiger partial charge in [-0.15, -0.1) is 0 Å². The predicted octanol–water partition coefficient (Wildman–Crippen LogP) is -0.0909. The van der Waals surface area contributed by atoms with Crippen LogP contribution in [0, 0.1) is 12.8 Å². The van der Waals surface area contributed by atoms with Gasteiger partial charge in [-0.2, -0.15) is 0 Å². The van der Waals surface area contributed by atoms with Gasteiger partial charge in [0.25, 0.3) is 5.91 Å². The molecule has 7 nitrogen and oxygen atoms in total. The highest BCUT2D eigenvalue weighted by molar-refractivity contribution is 6.62. The van der Waals surface area contributed by atoms with Gasteiger partial charge >= 0.3 is 13.1 Å². The first kappa shape index (κ1) is 17.9. The number of carbonyl (C=O) groups is 2. The average Bonchev–Trinajstić information content (AvgIpc) is 2.90. The van der Waals surface area contributed by atoms with E-state index in [9.17, 15) is 14.6 Å². The SMILES string of the molecule is Cc1c(C(=O)N[C@H](C(=O)OC2COC2)C(C)C)ccc2c1B(O)OC2. The standard InChI is InChI=1S/C17H22BNO6/c1-9(2)15(17(21)25-12-7-23-8-12)19-16(20)13-5-4-11-6-24-18(22)14(11)10(13)3/h4-5,9,12,15,22H,6-8H2,1-3H3,(H,19,20)/t15-/m0/s1. The normalized spacial score (nSPS) is 17.9. The third-order valence-electron chi connectivity index (χ3n) is 4.59. The molecule has 0 saturated carbocycles. The zero-order chi connectivity index (χ0) is 18.1. The van der Waals surface area contributed by atoms with Crippen LogP contribution in [-0.2, 0) is 25.5 Å². The maximum Gasteiger partial charge on any atom is 0.492 e. The van der Waals surface area contributed by atoms with E-state index in [2.05, 4.69) is 5.32 Å². The van der Waals surface area contributed by atoms with E-state index in [1.165, 1.54) is 0 Å². The highest BCUT2D eigenvalue weighted by Crippen LogP contribution is 2.17. The van der Waals surface area contributed by atoms with Crippen molar-refractivity contribution < 1.29 is 28.7 Å². The molecule has 2 N–H and O–H groups in total. The quantitative estimate of drug-likeness (QED) is 0.571. The monoisotopic (exact) mass is 347 g/mol. The molecule has 2 aliphatic heterocycles. The number of benzene rings is 1. The summed E-state index contributed by atoms with van der Waals surface area (Å²) >= 11 is 0. The number of fused-ring (bicyclic) bond motifs is 1. The zero-order valence-corrected chi connectivity index (χ0v) is 14.6. The van der Waals surface area contributed by atoms with Crippen LogP contribution in [0.25, 0.3) is 0 Å². The van der Waals surface area contributed by atoms with Gasteiger partial charge in [-0.25, -0.2) is 4.79 Å². The summed E-state index contributed by atoms with van der Waals surface area (Å²) in [5.74, 6) is -0.958. The van der Waals surface area contributed by atoms with Crippen LogP contribution in [0.3, 0.4) is 0 Å². The van der Waals surface area contributed by atoms with Crippen LogP contribution in [0.1, 0.15) is 35.3 Å². The van der Waals surface area contributed by atoms with Crippen molar-refractivity contribution in [1.29, 1.82) is 0 Å². The van der Waals surface area contributed by atoms with Crippen LogP contribution in [0.5, 0.6) is 0 Å². The lowest BCUT2D eigenvalue weighted by Gasteiger charge is -2.29. The summed E-state index contributed by atoms with van der Waals surface area (Å²) in [6.07, 6.45) is -0.236. The first-order valence-electron chi connectivity index (χ1n) is 8.39. The summed E-state index contributed by atoms with van der Waals surface area (Å²) in [4.78, 5) is 25.0. The fourth-order valence-corrected chi connectivity index (χ4v) is 2.99. The number of carbonyl (C=O) groups excluding carboxylic acids is 2. The predicted molar refractivity (Wildman–Crippen MR) is 90.4 cm³/mol. The molecule has 0 aromatic heterocycles. The number of rotatable bonds is 5. The molecule has 1 fully saturated rings. The fraction of sp³-hybridized carbons (Fsp3) is 0.529. The van der Waals surface area contributed by atoms with Crippen molar-refractivity contribution in [3.8, 4) is 0 Å². The summed E-state index contributed by atoms with van der Waals surface area (Å²) in [6.45, 7) is 6.57. The second kappa shape index (κ2) is 7.15. The van der Waals surface area contributed by atoms with Crippen molar-refractivity contribution in [2.24, 2.45) is 5.92 Å². The first-order valence-corrected chi connectivity index (χ1v) is 8.39. The van der Waals surface area contributed by atoms with Gasteiger partial charge in [0.05, 0.1) is 19.8 Å². The van der Waals surface area contributed by atoms with Crippen molar-refractivity contribution in [2.75, 3.05) is 13.2 Å². The summed E-state index contributed by atoms with van der Waals surface area (Å²) in [5.41, 5.74) is 2.56. The zero-order valence-electron chi connectivity index (χ0n) is 14.6. The van der Waals surface area contributed by atoms with Gasteiger partial charge < -0.3 is 24.5 Å². The molecule has 2 heterocycles. The molecule has 8 heteroatoms. The van der Waals surface area contributed by atoms with Crippen molar-refractivity contribution in [3.05, 3.63) is 28.8 Å². The van der Waals surface area contributed by atoms with E-state index in [1.807, 2.05) is 13.8 Å². The average molecular weight is 347 g/mol. The van der Waals surface area contributed by atoms with Crippen LogP contribution >= 0.6 is 0 Å². The Morgan fingerprint density at radius 2 is 2.08 bits per heavy atom. The minimum atomic E-state index is -1.02. The lowest BCUT2D eigenvalue weighted by atomic mass is 9.75. The van der Waals surface area contributed by atoms with Gasteiger partial charge in [0.2, 0.25) is 0 Å². The van der Waals surface area contributed by atoms with E-state index >= 15 is 0 Å². The van der Waals surface area contributed by atoms with E-state index in [-0.39, 0.29) is 17.9 Å². The minimum absolute atomic E-state index is 0.124. The van der Waals surface area contributed by atoms with E-state index < -0.39 is 19.1 Å². The topological polar surface area (TPSA) is 94.1 Å². The van der Waals surface area contributed by atoms with E-state index in [0.29, 0.717) is 36.4 Å². The fourth-order valence-electron chi connectivity index (χ4n) is 2.99. The maximum atomic E-state index is 12.7. The van der Waals surface area contributed by atoms with Gasteiger partial charge in [0, 0.05) is 5.56 Å². The van der Waals surface area contributed by atoms with Crippen molar-refractivity contribution in [2.45, 2.75) is 39.5 Å². The van der Waals surface area contributed by atoms with Crippen molar-refractivity contribution in [3.63, 3.8) is 0 Å². The number of amides is 1. The lowest BCUT2D eigenvalue weighted by molar-refractivity contribution is -0.175. The van der Waals surface area contributed by atoms with Gasteiger partial charge in [0.1, 0.15) is 12.1 Å². The lowest BCUT2D eigenvalue weighted by Crippen LogP contribution is -2.49. The molecule has 3 rings (SSSR count). The van der Waals surface area contributed by atoms with Crippen molar-refractivity contribution in [1.82, 2.24) is 5.32 Å². The number of nitrogens with one attached hydrogen (secondary N) is 1. The van der Waals surface area contributed by atoms with E-state index in [0.717, 1.165) is 5.56 Å². The Morgan fingerprint density at radius 1 is 1.36 bits per heavy atom. The Hall–Kier alpha value is -1.90. The highest BCUT2D eigenvalue weighted by Gasteiger charge is 2.34. The van der Waals surface area contributed by atoms with Crippen LogP contribution in [0.4, 0.5) is 0 Å². The third-order valence-corrected chi connectivity index (χ3v) is 4.59. The summed E-state index contributed by atoms with van der Waals surface area (Å²) < 4.78 is 15.5. The molecule has 2 aliphatic rings. The second-order valence-electron chi connectivity index (χ2n) is 6.77. The Labute approximate surface area is 146 Å². The second-order valence-corrected chi connectivity index (χ2v) is 6.77. The molecule has 134 valence electrons. The molecule has 1 aromatic carbocycles. The van der Waals surface area contributed by atoms with Gasteiger partial charge in [-0.3, -0.25) is 4.79 Å².